The first-order valence-electron chi connectivity index (χ1n) is 15.7. The third-order valence-corrected chi connectivity index (χ3v) is 7.60. The second kappa shape index (κ2) is 17.4. The van der Waals surface area contributed by atoms with Crippen LogP contribution in [0.1, 0.15) is 37.4 Å². The van der Waals surface area contributed by atoms with Crippen molar-refractivity contribution in [3.63, 3.8) is 0 Å². The summed E-state index contributed by atoms with van der Waals surface area (Å²) in [5.41, 5.74) is 22.4. The molecule has 10 nitrogen and oxygen atoms in total. The molecular weight excluding hydrogens is 661 g/mol. The quantitative estimate of drug-likeness (QED) is 0.0900. The topological polar surface area (TPSA) is 177 Å². The summed E-state index contributed by atoms with van der Waals surface area (Å²) in [4.78, 5) is 41.4. The van der Waals surface area contributed by atoms with E-state index in [9.17, 15) is 22.8 Å². The van der Waals surface area contributed by atoms with Gasteiger partial charge < -0.3 is 32.5 Å². The predicted octanol–water partition coefficient (Wildman–Crippen LogP) is 5.44. The molecule has 51 heavy (non-hydrogen) atoms. The number of carbonyl (C=O) groups is 3. The van der Waals surface area contributed by atoms with Crippen molar-refractivity contribution >= 4 is 34.5 Å². The van der Waals surface area contributed by atoms with Crippen LogP contribution in [0.3, 0.4) is 0 Å². The minimum absolute atomic E-state index is 0.0234. The average molecular weight is 699 g/mol. The van der Waals surface area contributed by atoms with Crippen molar-refractivity contribution in [1.82, 2.24) is 10.2 Å². The van der Waals surface area contributed by atoms with Crippen LogP contribution in [0.15, 0.2) is 120 Å². The van der Waals surface area contributed by atoms with Crippen molar-refractivity contribution in [2.75, 3.05) is 13.1 Å². The number of aliphatic imine (C=N–C) groups is 1. The molecule has 5 rings (SSSR count). The molecular formula is C38H37F3N6O4. The molecule has 0 aromatic heterocycles. The molecule has 2 amide bonds. The highest BCUT2D eigenvalue weighted by molar-refractivity contribution is 5.96. The number of benzene rings is 5. The number of amides is 2. The Morgan fingerprint density at radius 1 is 0.745 bits per heavy atom. The number of carboxylic acids is 1. The first kappa shape index (κ1) is 37.6. The fraction of sp³-hybridized carbons (Fsp3) is 0.158. The monoisotopic (exact) mass is 698 g/mol. The van der Waals surface area contributed by atoms with E-state index in [-0.39, 0.29) is 17.8 Å². The first-order valence-corrected chi connectivity index (χ1v) is 15.7. The zero-order valence-electron chi connectivity index (χ0n) is 27.4. The number of hydrogen-bond donors (Lipinski definition) is 5. The third kappa shape index (κ3) is 10.9. The van der Waals surface area contributed by atoms with Crippen molar-refractivity contribution in [2.24, 2.45) is 22.2 Å². The van der Waals surface area contributed by atoms with Gasteiger partial charge in [-0.15, -0.1) is 0 Å². The Balaban J connectivity index is 0.000000755. The standard InChI is InChI=1S/C36H36N6O2.C2HF3O2/c37-18-19-40-34(43)31-11-5-10-30(21-31)29-9-3-6-26(20-29)23-42(24-32-12-4-8-27-7-1-2-13-33(27)32)35(44)28-16-14-25(15-17-28)22-41-36(38)39;3-2(4,5)1(6)7/h1-17,20-21H,18-19,22-24,37H2,(H,40,43)(H4,38,39,41);(H,6,7). The average Bonchev–Trinajstić information content (AvgIpc) is 3.12. The number of hydrogen-bond acceptors (Lipinski definition) is 5. The maximum Gasteiger partial charge on any atom is 0.490 e. The molecule has 5 aromatic rings. The number of guanidine groups is 1. The van der Waals surface area contributed by atoms with Crippen molar-refractivity contribution in [3.05, 3.63) is 143 Å². The Morgan fingerprint density at radius 2 is 1.37 bits per heavy atom. The van der Waals surface area contributed by atoms with Gasteiger partial charge in [0, 0.05) is 37.3 Å². The minimum atomic E-state index is -5.08. The number of aliphatic carboxylic acids is 1. The molecule has 264 valence electrons. The summed E-state index contributed by atoms with van der Waals surface area (Å²) in [5, 5.41) is 12.2. The van der Waals surface area contributed by atoms with Crippen molar-refractivity contribution in [1.29, 1.82) is 0 Å². The minimum Gasteiger partial charge on any atom is -0.475 e. The van der Waals surface area contributed by atoms with E-state index < -0.39 is 12.1 Å². The number of nitrogens with two attached hydrogens (primary N) is 3. The molecule has 0 aliphatic carbocycles. The highest BCUT2D eigenvalue weighted by Crippen LogP contribution is 2.25. The molecule has 0 atom stereocenters. The number of halogens is 3. The zero-order chi connectivity index (χ0) is 37.0. The van der Waals surface area contributed by atoms with E-state index in [0.717, 1.165) is 38.6 Å². The van der Waals surface area contributed by atoms with Gasteiger partial charge in [0.25, 0.3) is 11.8 Å². The second-order valence-electron chi connectivity index (χ2n) is 11.4. The van der Waals surface area contributed by atoms with Crippen LogP contribution in [-0.4, -0.2) is 53.0 Å². The molecule has 0 heterocycles. The van der Waals surface area contributed by atoms with Gasteiger partial charge in [0.05, 0.1) is 6.54 Å². The van der Waals surface area contributed by atoms with Gasteiger partial charge in [-0.25, -0.2) is 9.79 Å². The molecule has 0 saturated carbocycles. The van der Waals surface area contributed by atoms with Gasteiger partial charge in [0.1, 0.15) is 0 Å². The van der Waals surface area contributed by atoms with Gasteiger partial charge in [0.15, 0.2) is 5.96 Å². The Kier molecular flexibility index (Phi) is 12.9. The summed E-state index contributed by atoms with van der Waals surface area (Å²) in [7, 11) is 0. The molecule has 0 radical (unpaired) electrons. The van der Waals surface area contributed by atoms with Crippen LogP contribution in [0.4, 0.5) is 13.2 Å². The Morgan fingerprint density at radius 3 is 2.04 bits per heavy atom. The van der Waals surface area contributed by atoms with E-state index in [1.54, 1.807) is 6.07 Å². The Hall–Kier alpha value is -6.21. The molecule has 0 unspecified atom stereocenters. The summed E-state index contributed by atoms with van der Waals surface area (Å²) in [6.45, 7) is 1.96. The molecule has 0 aliphatic heterocycles. The van der Waals surface area contributed by atoms with Crippen LogP contribution in [0.5, 0.6) is 0 Å². The van der Waals surface area contributed by atoms with Gasteiger partial charge in [0.2, 0.25) is 0 Å². The van der Waals surface area contributed by atoms with E-state index in [1.165, 1.54) is 0 Å². The van der Waals surface area contributed by atoms with Gasteiger partial charge in [-0.2, -0.15) is 13.2 Å². The lowest BCUT2D eigenvalue weighted by molar-refractivity contribution is -0.192. The van der Waals surface area contributed by atoms with Crippen LogP contribution in [0, 0.1) is 0 Å². The molecule has 0 saturated heterocycles. The van der Waals surface area contributed by atoms with Crippen LogP contribution >= 0.6 is 0 Å². The molecule has 13 heteroatoms. The smallest absolute Gasteiger partial charge is 0.475 e. The number of alkyl halides is 3. The number of rotatable bonds is 11. The van der Waals surface area contributed by atoms with Crippen LogP contribution < -0.4 is 22.5 Å². The van der Waals surface area contributed by atoms with Gasteiger partial charge in [-0.3, -0.25) is 9.59 Å². The Bertz CT molecular complexity index is 2010. The van der Waals surface area contributed by atoms with Crippen molar-refractivity contribution in [2.45, 2.75) is 25.8 Å². The summed E-state index contributed by atoms with van der Waals surface area (Å²) in [6, 6.07) is 37.3. The van der Waals surface area contributed by atoms with E-state index in [4.69, 9.17) is 27.1 Å². The summed E-state index contributed by atoms with van der Waals surface area (Å²) in [5.74, 6) is -2.98. The fourth-order valence-electron chi connectivity index (χ4n) is 5.15. The van der Waals surface area contributed by atoms with Crippen LogP contribution in [-0.2, 0) is 24.4 Å². The largest absolute Gasteiger partial charge is 0.490 e. The SMILES string of the molecule is NCCNC(=O)c1cccc(-c2cccc(CN(Cc3cccc4ccccc34)C(=O)c3ccc(CN=C(N)N)cc3)c2)c1.O=C(O)C(F)(F)F. The highest BCUT2D eigenvalue weighted by atomic mass is 19.4. The maximum atomic E-state index is 14.0. The number of nitrogens with zero attached hydrogens (tertiary/aromatic N) is 2. The number of carboxylic acid groups (broad SMARTS) is 1. The van der Waals surface area contributed by atoms with E-state index >= 15 is 0 Å². The summed E-state index contributed by atoms with van der Waals surface area (Å²) in [6.07, 6.45) is -5.08. The molecule has 8 N–H and O–H groups in total. The van der Waals surface area contributed by atoms with E-state index in [0.29, 0.717) is 43.9 Å². The van der Waals surface area contributed by atoms with Crippen LogP contribution in [0.2, 0.25) is 0 Å². The predicted molar refractivity (Wildman–Crippen MR) is 190 cm³/mol. The fourth-order valence-corrected chi connectivity index (χ4v) is 5.15. The molecule has 0 fully saturated rings. The molecule has 0 bridgehead atoms. The number of carbonyl (C=O) groups excluding carboxylic acids is 2. The van der Waals surface area contributed by atoms with Gasteiger partial charge >= 0.3 is 12.1 Å². The van der Waals surface area contributed by atoms with Crippen molar-refractivity contribution < 1.29 is 32.7 Å². The first-order chi connectivity index (χ1) is 24.3. The number of fused-ring (bicyclic) bond motifs is 1. The second-order valence-corrected chi connectivity index (χ2v) is 11.4. The molecule has 0 spiro atoms. The lowest BCUT2D eigenvalue weighted by Crippen LogP contribution is -2.30. The van der Waals surface area contributed by atoms with E-state index in [1.807, 2.05) is 83.8 Å². The molecule has 5 aromatic carbocycles. The normalized spacial score (nSPS) is 10.8. The number of nitrogens with one attached hydrogen (secondary N) is 1. The Labute approximate surface area is 292 Å². The highest BCUT2D eigenvalue weighted by Gasteiger charge is 2.38. The van der Waals surface area contributed by atoms with Gasteiger partial charge in [-0.1, -0.05) is 84.9 Å². The lowest BCUT2D eigenvalue weighted by atomic mass is 10.00. The summed E-state index contributed by atoms with van der Waals surface area (Å²) >= 11 is 0. The third-order valence-electron chi connectivity index (χ3n) is 7.60. The van der Waals surface area contributed by atoms with Gasteiger partial charge in [-0.05, 0) is 68.9 Å². The van der Waals surface area contributed by atoms with E-state index in [2.05, 4.69) is 40.6 Å². The maximum absolute atomic E-state index is 14.0. The van der Waals surface area contributed by atoms with Crippen molar-refractivity contribution in [3.8, 4) is 11.1 Å². The lowest BCUT2D eigenvalue weighted by Gasteiger charge is -2.24. The van der Waals surface area contributed by atoms with Crippen LogP contribution in [0.25, 0.3) is 21.9 Å². The molecule has 0 aliphatic rings. The summed E-state index contributed by atoms with van der Waals surface area (Å²) < 4.78 is 31.7. The zero-order valence-corrected chi connectivity index (χ0v) is 27.4.